The fourth-order valence-corrected chi connectivity index (χ4v) is 4.60. The van der Waals surface area contributed by atoms with Gasteiger partial charge in [0.1, 0.15) is 6.61 Å². The van der Waals surface area contributed by atoms with Crippen LogP contribution >= 0.6 is 23.2 Å². The number of morpholine rings is 1. The van der Waals surface area contributed by atoms with Gasteiger partial charge in [-0.3, -0.25) is 4.79 Å². The average molecular weight is 458 g/mol. The quantitative estimate of drug-likeness (QED) is 0.592. The Morgan fingerprint density at radius 3 is 2.31 bits per heavy atom. The molecule has 1 fully saturated rings. The molecule has 29 heavy (non-hydrogen) atoms. The van der Waals surface area contributed by atoms with E-state index in [4.69, 9.17) is 32.7 Å². The summed E-state index contributed by atoms with van der Waals surface area (Å²) in [6.07, 6.45) is 0.648. The van der Waals surface area contributed by atoms with Gasteiger partial charge in [0, 0.05) is 19.5 Å². The number of hydrogen-bond acceptors (Lipinski definition) is 5. The molecule has 0 N–H and O–H groups in total. The van der Waals surface area contributed by atoms with Gasteiger partial charge in [0.2, 0.25) is 10.0 Å². The highest BCUT2D eigenvalue weighted by Crippen LogP contribution is 2.23. The first kappa shape index (κ1) is 22.1. The molecule has 156 valence electrons. The highest BCUT2D eigenvalue weighted by molar-refractivity contribution is 7.89. The van der Waals surface area contributed by atoms with Gasteiger partial charge in [0.25, 0.3) is 0 Å². The standard InChI is InChI=1S/C20H21Cl2NO5S/c21-18-7-3-16(13-19(18)22)14-28-20(24)8-4-15-1-5-17(6-2-15)29(25,26)23-9-11-27-12-10-23/h1-3,5-7,13H,4,8-12,14H2. The third kappa shape index (κ3) is 5.93. The first-order valence-electron chi connectivity index (χ1n) is 9.12. The molecule has 0 amide bonds. The Labute approximate surface area is 180 Å². The van der Waals surface area contributed by atoms with E-state index in [2.05, 4.69) is 0 Å². The molecule has 1 heterocycles. The minimum atomic E-state index is -3.51. The summed E-state index contributed by atoms with van der Waals surface area (Å²) in [4.78, 5) is 12.2. The monoisotopic (exact) mass is 457 g/mol. The number of carbonyl (C=O) groups excluding carboxylic acids is 1. The summed E-state index contributed by atoms with van der Waals surface area (Å²) in [6.45, 7) is 1.64. The van der Waals surface area contributed by atoms with Crippen LogP contribution in [0.15, 0.2) is 47.4 Å². The Hall–Kier alpha value is -1.64. The fraction of sp³-hybridized carbons (Fsp3) is 0.350. The lowest BCUT2D eigenvalue weighted by Crippen LogP contribution is -2.40. The lowest BCUT2D eigenvalue weighted by molar-refractivity contribution is -0.144. The van der Waals surface area contributed by atoms with E-state index in [0.717, 1.165) is 11.1 Å². The lowest BCUT2D eigenvalue weighted by atomic mass is 10.1. The van der Waals surface area contributed by atoms with Crippen molar-refractivity contribution in [1.29, 1.82) is 0 Å². The van der Waals surface area contributed by atoms with Gasteiger partial charge in [0.05, 0.1) is 28.2 Å². The molecule has 1 aliphatic heterocycles. The number of hydrogen-bond donors (Lipinski definition) is 0. The molecule has 0 unspecified atom stereocenters. The highest BCUT2D eigenvalue weighted by atomic mass is 35.5. The molecular weight excluding hydrogens is 437 g/mol. The normalized spacial score (nSPS) is 15.2. The minimum absolute atomic E-state index is 0.118. The predicted octanol–water partition coefficient (Wildman–Crippen LogP) is 3.69. The largest absolute Gasteiger partial charge is 0.461 e. The van der Waals surface area contributed by atoms with Crippen molar-refractivity contribution < 1.29 is 22.7 Å². The van der Waals surface area contributed by atoms with Crippen molar-refractivity contribution in [2.75, 3.05) is 26.3 Å². The van der Waals surface area contributed by atoms with Crippen molar-refractivity contribution in [1.82, 2.24) is 4.31 Å². The maximum Gasteiger partial charge on any atom is 0.306 e. The van der Waals surface area contributed by atoms with E-state index in [1.54, 1.807) is 42.5 Å². The maximum absolute atomic E-state index is 12.6. The molecule has 0 aromatic heterocycles. The molecule has 3 rings (SSSR count). The van der Waals surface area contributed by atoms with Gasteiger partial charge in [0.15, 0.2) is 0 Å². The van der Waals surface area contributed by atoms with Crippen LogP contribution in [-0.2, 0) is 37.3 Å². The number of carbonyl (C=O) groups is 1. The Kier molecular flexibility index (Phi) is 7.54. The zero-order valence-electron chi connectivity index (χ0n) is 15.6. The third-order valence-electron chi connectivity index (χ3n) is 4.53. The molecule has 0 bridgehead atoms. The van der Waals surface area contributed by atoms with E-state index in [1.807, 2.05) is 0 Å². The number of rotatable bonds is 7. The molecule has 0 aliphatic carbocycles. The second kappa shape index (κ2) is 9.91. The number of ether oxygens (including phenoxy) is 2. The van der Waals surface area contributed by atoms with Gasteiger partial charge in [-0.1, -0.05) is 41.4 Å². The Morgan fingerprint density at radius 1 is 1.00 bits per heavy atom. The summed E-state index contributed by atoms with van der Waals surface area (Å²) in [5.41, 5.74) is 1.61. The molecule has 0 spiro atoms. The van der Waals surface area contributed by atoms with Crippen LogP contribution in [0.5, 0.6) is 0 Å². The predicted molar refractivity (Wildman–Crippen MR) is 111 cm³/mol. The first-order chi connectivity index (χ1) is 13.9. The summed E-state index contributed by atoms with van der Waals surface area (Å²) < 4.78 is 37.1. The molecule has 0 radical (unpaired) electrons. The van der Waals surface area contributed by atoms with Gasteiger partial charge in [-0.05, 0) is 41.8 Å². The SMILES string of the molecule is O=C(CCc1ccc(S(=O)(=O)N2CCOCC2)cc1)OCc1ccc(Cl)c(Cl)c1. The van der Waals surface area contributed by atoms with Crippen LogP contribution in [-0.4, -0.2) is 45.0 Å². The Bertz CT molecular complexity index is 957. The van der Waals surface area contributed by atoms with E-state index in [-0.39, 0.29) is 23.9 Å². The molecule has 2 aromatic rings. The van der Waals surface area contributed by atoms with Crippen LogP contribution in [0.25, 0.3) is 0 Å². The summed E-state index contributed by atoms with van der Waals surface area (Å²) in [6, 6.07) is 11.6. The van der Waals surface area contributed by atoms with Crippen molar-refractivity contribution in [3.05, 3.63) is 63.6 Å². The summed E-state index contributed by atoms with van der Waals surface area (Å²) in [5, 5.41) is 0.855. The number of sulfonamides is 1. The number of nitrogens with zero attached hydrogens (tertiary/aromatic N) is 1. The average Bonchev–Trinajstić information content (AvgIpc) is 2.74. The van der Waals surface area contributed by atoms with Crippen LogP contribution in [0.1, 0.15) is 17.5 Å². The van der Waals surface area contributed by atoms with Gasteiger partial charge in [-0.2, -0.15) is 4.31 Å². The molecule has 9 heteroatoms. The van der Waals surface area contributed by atoms with E-state index in [9.17, 15) is 13.2 Å². The molecule has 0 saturated carbocycles. The number of halogens is 2. The number of benzene rings is 2. The summed E-state index contributed by atoms with van der Waals surface area (Å²) >= 11 is 11.8. The lowest BCUT2D eigenvalue weighted by Gasteiger charge is -2.26. The van der Waals surface area contributed by atoms with Crippen LogP contribution in [0, 0.1) is 0 Å². The summed E-state index contributed by atoms with van der Waals surface area (Å²) in [5.74, 6) is -0.346. The van der Waals surface area contributed by atoms with E-state index < -0.39 is 10.0 Å². The van der Waals surface area contributed by atoms with Gasteiger partial charge in [-0.25, -0.2) is 8.42 Å². The third-order valence-corrected chi connectivity index (χ3v) is 7.18. The smallest absolute Gasteiger partial charge is 0.306 e. The first-order valence-corrected chi connectivity index (χ1v) is 11.3. The zero-order chi connectivity index (χ0) is 20.9. The Morgan fingerprint density at radius 2 is 1.66 bits per heavy atom. The molecule has 2 aromatic carbocycles. The van der Waals surface area contributed by atoms with Crippen molar-refractivity contribution in [3.8, 4) is 0 Å². The van der Waals surface area contributed by atoms with Crippen LogP contribution in [0.2, 0.25) is 10.0 Å². The molecular formula is C20H21Cl2NO5S. The van der Waals surface area contributed by atoms with E-state index >= 15 is 0 Å². The fourth-order valence-electron chi connectivity index (χ4n) is 2.88. The van der Waals surface area contributed by atoms with Crippen molar-refractivity contribution >= 4 is 39.2 Å². The van der Waals surface area contributed by atoms with Crippen molar-refractivity contribution in [3.63, 3.8) is 0 Å². The maximum atomic E-state index is 12.6. The van der Waals surface area contributed by atoms with Crippen molar-refractivity contribution in [2.24, 2.45) is 0 Å². The number of aryl methyl sites for hydroxylation is 1. The molecule has 6 nitrogen and oxygen atoms in total. The topological polar surface area (TPSA) is 72.9 Å². The van der Waals surface area contributed by atoms with E-state index in [1.165, 1.54) is 4.31 Å². The van der Waals surface area contributed by atoms with Gasteiger partial charge < -0.3 is 9.47 Å². The molecule has 1 aliphatic rings. The van der Waals surface area contributed by atoms with Crippen LogP contribution in [0.4, 0.5) is 0 Å². The van der Waals surface area contributed by atoms with Crippen LogP contribution in [0.3, 0.4) is 0 Å². The molecule has 1 saturated heterocycles. The highest BCUT2D eigenvalue weighted by Gasteiger charge is 2.26. The zero-order valence-corrected chi connectivity index (χ0v) is 18.0. The second-order valence-electron chi connectivity index (χ2n) is 6.57. The second-order valence-corrected chi connectivity index (χ2v) is 9.32. The Balaban J connectivity index is 1.50. The minimum Gasteiger partial charge on any atom is -0.461 e. The summed E-state index contributed by atoms with van der Waals surface area (Å²) in [7, 11) is -3.51. The number of esters is 1. The van der Waals surface area contributed by atoms with E-state index in [0.29, 0.717) is 42.8 Å². The molecule has 0 atom stereocenters. The van der Waals surface area contributed by atoms with Gasteiger partial charge >= 0.3 is 5.97 Å². The van der Waals surface area contributed by atoms with Crippen molar-refractivity contribution in [2.45, 2.75) is 24.3 Å². The van der Waals surface area contributed by atoms with Crippen LogP contribution < -0.4 is 0 Å². The van der Waals surface area contributed by atoms with Gasteiger partial charge in [-0.15, -0.1) is 0 Å².